The van der Waals surface area contributed by atoms with Crippen molar-refractivity contribution in [3.63, 3.8) is 0 Å². The molecule has 1 atom stereocenters. The van der Waals surface area contributed by atoms with E-state index in [-0.39, 0.29) is 22.6 Å². The summed E-state index contributed by atoms with van der Waals surface area (Å²) in [4.78, 5) is 64.4. The number of carbonyl (C=O) groups is 3. The zero-order chi connectivity index (χ0) is 40.4. The number of benzene rings is 3. The van der Waals surface area contributed by atoms with E-state index in [4.69, 9.17) is 4.74 Å². The molecule has 0 bridgehead atoms. The lowest BCUT2D eigenvalue weighted by Crippen LogP contribution is -2.44. The fraction of sp³-hybridized carbons (Fsp3) is 0.342. The number of sulfonamides is 1. The van der Waals surface area contributed by atoms with Gasteiger partial charge in [0.05, 0.1) is 27.9 Å². The molecule has 0 unspecified atom stereocenters. The number of nitrogens with zero attached hydrogens (tertiary/aromatic N) is 2. The molecule has 0 saturated carbocycles. The predicted molar refractivity (Wildman–Crippen MR) is 199 cm³/mol. The van der Waals surface area contributed by atoms with Gasteiger partial charge in [0.15, 0.2) is 0 Å². The highest BCUT2D eigenvalue weighted by molar-refractivity contribution is 7.92. The van der Waals surface area contributed by atoms with Crippen LogP contribution in [0.3, 0.4) is 0 Å². The van der Waals surface area contributed by atoms with E-state index in [0.717, 1.165) is 10.6 Å². The Morgan fingerprint density at radius 1 is 0.870 bits per heavy atom. The second kappa shape index (κ2) is 15.8. The van der Waals surface area contributed by atoms with E-state index in [1.165, 1.54) is 47.9 Å². The Hall–Kier alpha value is -5.64. The van der Waals surface area contributed by atoms with Crippen molar-refractivity contribution in [1.82, 2.24) is 19.8 Å². The summed E-state index contributed by atoms with van der Waals surface area (Å²) in [5.74, 6) is -5.06. The van der Waals surface area contributed by atoms with Crippen molar-refractivity contribution in [2.45, 2.75) is 84.4 Å². The van der Waals surface area contributed by atoms with Gasteiger partial charge in [0.25, 0.3) is 27.4 Å². The number of hydrogen-bond acceptors (Lipinski definition) is 8. The highest BCUT2D eigenvalue weighted by atomic mass is 32.2. The Morgan fingerprint density at radius 2 is 1.50 bits per heavy atom. The lowest BCUT2D eigenvalue weighted by molar-refractivity contribution is -0.149. The van der Waals surface area contributed by atoms with Gasteiger partial charge in [-0.05, 0) is 103 Å². The SMILES string of the molecule is Cc1cc(S(=O)(=O)Nc2cc(F)c(C(=O)N[C@@H](Cc3ccc(-n4c(=O)c(C)c(C)n(C)c4=O)cc3)C(=O)OC(C)C)cc2F)ccc1C(=O)NC(C)(C)C. The van der Waals surface area contributed by atoms with Crippen molar-refractivity contribution >= 4 is 33.5 Å². The maximum absolute atomic E-state index is 15.4. The van der Waals surface area contributed by atoms with Crippen molar-refractivity contribution in [3.8, 4) is 5.69 Å². The van der Waals surface area contributed by atoms with E-state index in [9.17, 15) is 32.4 Å². The van der Waals surface area contributed by atoms with Crippen LogP contribution in [0.4, 0.5) is 14.5 Å². The molecule has 13 nitrogen and oxygen atoms in total. The molecule has 3 aromatic carbocycles. The van der Waals surface area contributed by atoms with Gasteiger partial charge in [-0.1, -0.05) is 12.1 Å². The van der Waals surface area contributed by atoms with Crippen molar-refractivity contribution in [2.24, 2.45) is 7.05 Å². The molecule has 0 fully saturated rings. The number of amides is 2. The number of carbonyl (C=O) groups excluding carboxylic acids is 3. The first-order valence-electron chi connectivity index (χ1n) is 16.9. The van der Waals surface area contributed by atoms with Crippen LogP contribution in [0, 0.1) is 32.4 Å². The minimum atomic E-state index is -4.48. The predicted octanol–water partition coefficient (Wildman–Crippen LogP) is 4.36. The van der Waals surface area contributed by atoms with Crippen LogP contribution in [0.15, 0.2) is 69.1 Å². The lowest BCUT2D eigenvalue weighted by Gasteiger charge is -2.21. The summed E-state index contributed by atoms with van der Waals surface area (Å²) in [6.07, 6.45) is -0.760. The Kier molecular flexibility index (Phi) is 12.0. The maximum Gasteiger partial charge on any atom is 0.335 e. The van der Waals surface area contributed by atoms with Gasteiger partial charge >= 0.3 is 11.7 Å². The molecule has 4 aromatic rings. The first-order chi connectivity index (χ1) is 25.0. The molecule has 54 heavy (non-hydrogen) atoms. The standard InChI is InChI=1S/C38H43F2N5O8S/c1-20(2)53-36(49)32(17-24-10-12-25(13-11-24)45-35(48)22(4)23(5)44(9)37(45)50)41-33(46)28-18-30(40)31(19-29(28)39)43-54(51,52)26-14-15-27(21(3)16-26)34(47)42-38(6,7)8/h10-16,18-20,32,43H,17H2,1-9H3,(H,41,46)(H,42,47)/t32-/m0/s1. The van der Waals surface area contributed by atoms with Crippen LogP contribution in [0.1, 0.15) is 77.7 Å². The van der Waals surface area contributed by atoms with Gasteiger partial charge in [0.1, 0.15) is 17.7 Å². The highest BCUT2D eigenvalue weighted by Crippen LogP contribution is 2.25. The van der Waals surface area contributed by atoms with E-state index in [1.54, 1.807) is 55.5 Å². The van der Waals surface area contributed by atoms with E-state index in [1.807, 2.05) is 4.72 Å². The lowest BCUT2D eigenvalue weighted by atomic mass is 10.0. The third-order valence-corrected chi connectivity index (χ3v) is 9.77. The number of halogens is 2. The smallest absolute Gasteiger partial charge is 0.335 e. The average molecular weight is 768 g/mol. The first kappa shape index (κ1) is 41.1. The third-order valence-electron chi connectivity index (χ3n) is 8.41. The normalized spacial score (nSPS) is 12.3. The molecule has 0 spiro atoms. The van der Waals surface area contributed by atoms with Crippen LogP contribution in [-0.4, -0.2) is 53.0 Å². The largest absolute Gasteiger partial charge is 0.461 e. The number of rotatable bonds is 11. The van der Waals surface area contributed by atoms with E-state index >= 15 is 8.78 Å². The first-order valence-corrected chi connectivity index (χ1v) is 18.3. The van der Waals surface area contributed by atoms with Gasteiger partial charge in [-0.2, -0.15) is 0 Å². The fourth-order valence-corrected chi connectivity index (χ4v) is 6.55. The second-order valence-electron chi connectivity index (χ2n) is 14.2. The van der Waals surface area contributed by atoms with Crippen LogP contribution in [0.5, 0.6) is 0 Å². The van der Waals surface area contributed by atoms with Crippen LogP contribution >= 0.6 is 0 Å². The number of hydrogen-bond donors (Lipinski definition) is 3. The molecular formula is C38H43F2N5O8S. The molecule has 16 heteroatoms. The third kappa shape index (κ3) is 9.28. The second-order valence-corrected chi connectivity index (χ2v) is 15.9. The number of nitrogens with one attached hydrogen (secondary N) is 3. The minimum absolute atomic E-state index is 0.171. The molecule has 288 valence electrons. The van der Waals surface area contributed by atoms with E-state index < -0.39 is 79.6 Å². The minimum Gasteiger partial charge on any atom is -0.461 e. The summed E-state index contributed by atoms with van der Waals surface area (Å²) >= 11 is 0. The van der Waals surface area contributed by atoms with Gasteiger partial charge in [0.2, 0.25) is 0 Å². The Bertz CT molecular complexity index is 2330. The number of esters is 1. The summed E-state index contributed by atoms with van der Waals surface area (Å²) < 4.78 is 66.6. The van der Waals surface area contributed by atoms with Crippen LogP contribution in [0.25, 0.3) is 5.69 Å². The number of anilines is 1. The van der Waals surface area contributed by atoms with Crippen LogP contribution in [-0.2, 0) is 33.0 Å². The van der Waals surface area contributed by atoms with Crippen LogP contribution in [0.2, 0.25) is 0 Å². The maximum atomic E-state index is 15.4. The molecule has 0 saturated heterocycles. The summed E-state index contributed by atoms with van der Waals surface area (Å²) in [7, 11) is -2.94. The van der Waals surface area contributed by atoms with Gasteiger partial charge in [0, 0.05) is 41.9 Å². The van der Waals surface area contributed by atoms with Crippen molar-refractivity contribution in [1.29, 1.82) is 0 Å². The highest BCUT2D eigenvalue weighted by Gasteiger charge is 2.28. The number of ether oxygens (including phenoxy) is 1. The molecule has 1 aromatic heterocycles. The molecule has 2 amide bonds. The molecule has 3 N–H and O–H groups in total. The van der Waals surface area contributed by atoms with E-state index in [0.29, 0.717) is 34.5 Å². The van der Waals surface area contributed by atoms with Crippen molar-refractivity contribution in [2.75, 3.05) is 4.72 Å². The summed E-state index contributed by atoms with van der Waals surface area (Å²) in [5.41, 5.74) is -1.00. The van der Waals surface area contributed by atoms with Gasteiger partial charge in [-0.15, -0.1) is 0 Å². The zero-order valence-electron chi connectivity index (χ0n) is 31.4. The quantitative estimate of drug-likeness (QED) is 0.189. The molecule has 0 aliphatic heterocycles. The Labute approximate surface area is 311 Å². The van der Waals surface area contributed by atoms with Crippen molar-refractivity contribution < 1.29 is 36.3 Å². The Balaban J connectivity index is 1.56. The van der Waals surface area contributed by atoms with Gasteiger partial charge < -0.3 is 19.9 Å². The van der Waals surface area contributed by atoms with Gasteiger partial charge in [-0.25, -0.2) is 31.4 Å². The summed E-state index contributed by atoms with van der Waals surface area (Å²) in [5, 5.41) is 5.15. The topological polar surface area (TPSA) is 175 Å². The molecule has 0 radical (unpaired) electrons. The zero-order valence-corrected chi connectivity index (χ0v) is 32.2. The number of aryl methyl sites for hydroxylation is 1. The van der Waals surface area contributed by atoms with E-state index in [2.05, 4.69) is 10.6 Å². The number of aromatic nitrogens is 2. The Morgan fingerprint density at radius 3 is 2.07 bits per heavy atom. The molecule has 0 aliphatic carbocycles. The molecule has 4 rings (SSSR count). The van der Waals surface area contributed by atoms with Crippen molar-refractivity contribution in [3.05, 3.63) is 121 Å². The average Bonchev–Trinajstić information content (AvgIpc) is 3.07. The monoisotopic (exact) mass is 767 g/mol. The molecule has 1 heterocycles. The summed E-state index contributed by atoms with van der Waals surface area (Å²) in [6.45, 7) is 13.3. The summed E-state index contributed by atoms with van der Waals surface area (Å²) in [6, 6.07) is 9.33. The van der Waals surface area contributed by atoms with Crippen LogP contribution < -0.4 is 26.6 Å². The fourth-order valence-electron chi connectivity index (χ4n) is 5.41. The molecule has 0 aliphatic rings. The molecular weight excluding hydrogens is 725 g/mol. The van der Waals surface area contributed by atoms with Gasteiger partial charge in [-0.3, -0.25) is 19.1 Å².